The van der Waals surface area contributed by atoms with Crippen molar-refractivity contribution in [3.8, 4) is 0 Å². The maximum absolute atomic E-state index is 12.1. The normalized spacial score (nSPS) is 14.7. The zero-order chi connectivity index (χ0) is 19.1. The molecule has 1 N–H and O–H groups in total. The second-order valence-electron chi connectivity index (χ2n) is 6.85. The number of benzene rings is 1. The van der Waals surface area contributed by atoms with Crippen LogP contribution in [-0.4, -0.2) is 28.3 Å². The first-order valence-electron chi connectivity index (χ1n) is 9.60. The number of ether oxygens (including phenoxy) is 1. The highest BCUT2D eigenvalue weighted by atomic mass is 32.2. The molecule has 27 heavy (non-hydrogen) atoms. The van der Waals surface area contributed by atoms with Gasteiger partial charge in [-0.25, -0.2) is 4.98 Å². The third kappa shape index (κ3) is 5.22. The molecule has 1 aromatic heterocycles. The molecule has 0 amide bonds. The molecule has 144 valence electrons. The minimum Gasteiger partial charge on any atom is -0.466 e. The van der Waals surface area contributed by atoms with Crippen molar-refractivity contribution in [2.24, 2.45) is 0 Å². The summed E-state index contributed by atoms with van der Waals surface area (Å²) in [5, 5.41) is 0.685. The Bertz CT molecular complexity index is 816. The number of nitrogens with one attached hydrogen (secondary N) is 1. The van der Waals surface area contributed by atoms with Crippen LogP contribution < -0.4 is 5.56 Å². The van der Waals surface area contributed by atoms with Gasteiger partial charge in [0.05, 0.1) is 12.3 Å². The van der Waals surface area contributed by atoms with Gasteiger partial charge in [-0.15, -0.1) is 0 Å². The van der Waals surface area contributed by atoms with E-state index >= 15 is 0 Å². The first-order chi connectivity index (χ1) is 13.1. The first kappa shape index (κ1) is 19.7. The van der Waals surface area contributed by atoms with E-state index in [0.29, 0.717) is 18.2 Å². The third-order valence-corrected chi connectivity index (χ3v) is 5.82. The number of carbonyl (C=O) groups excluding carboxylic acids is 1. The van der Waals surface area contributed by atoms with E-state index in [1.165, 1.54) is 5.56 Å². The summed E-state index contributed by atoms with van der Waals surface area (Å²) in [6, 6.07) is 12.0. The lowest BCUT2D eigenvalue weighted by molar-refractivity contribution is -0.143. The fourth-order valence-electron chi connectivity index (χ4n) is 3.27. The molecular weight excluding hydrogens is 360 g/mol. The summed E-state index contributed by atoms with van der Waals surface area (Å²) in [6.07, 6.45) is 5.31. The number of aromatic nitrogens is 2. The third-order valence-electron chi connectivity index (χ3n) is 4.86. The highest BCUT2D eigenvalue weighted by molar-refractivity contribution is 7.99. The van der Waals surface area contributed by atoms with Crippen LogP contribution in [0, 0.1) is 0 Å². The molecule has 0 unspecified atom stereocenters. The monoisotopic (exact) mass is 386 g/mol. The molecule has 1 aliphatic rings. The van der Waals surface area contributed by atoms with Crippen LogP contribution >= 0.6 is 11.8 Å². The standard InChI is InChI=1S/C21H26N2O3S/c1-2-26-19(25)11-7-4-8-14-27-20-22-17(15-18(24)23-20)21(12-13-21)16-9-5-3-6-10-16/h3,5-6,9-10,15H,2,4,7-8,11-14H2,1H3,(H,22,23,24). The number of hydrogen-bond donors (Lipinski definition) is 1. The van der Waals surface area contributed by atoms with Crippen LogP contribution in [0.1, 0.15) is 56.7 Å². The quantitative estimate of drug-likeness (QED) is 0.288. The predicted octanol–water partition coefficient (Wildman–Crippen LogP) is 4.07. The van der Waals surface area contributed by atoms with Crippen molar-refractivity contribution >= 4 is 17.7 Å². The number of aromatic amines is 1. The van der Waals surface area contributed by atoms with E-state index in [-0.39, 0.29) is 16.9 Å². The van der Waals surface area contributed by atoms with Gasteiger partial charge in [-0.1, -0.05) is 48.5 Å². The zero-order valence-electron chi connectivity index (χ0n) is 15.7. The Morgan fingerprint density at radius 1 is 1.22 bits per heavy atom. The molecule has 0 spiro atoms. The van der Waals surface area contributed by atoms with E-state index in [1.807, 2.05) is 25.1 Å². The van der Waals surface area contributed by atoms with Gasteiger partial charge in [-0.3, -0.25) is 9.59 Å². The van der Waals surface area contributed by atoms with Gasteiger partial charge in [-0.2, -0.15) is 0 Å². The number of H-pyrrole nitrogens is 1. The Balaban J connectivity index is 1.54. The van der Waals surface area contributed by atoms with E-state index in [0.717, 1.165) is 43.6 Å². The molecule has 1 saturated carbocycles. The molecule has 3 rings (SSSR count). The number of nitrogens with zero attached hydrogens (tertiary/aromatic N) is 1. The molecule has 1 heterocycles. The van der Waals surface area contributed by atoms with Crippen molar-refractivity contribution in [1.82, 2.24) is 9.97 Å². The van der Waals surface area contributed by atoms with Gasteiger partial charge >= 0.3 is 5.97 Å². The fourth-order valence-corrected chi connectivity index (χ4v) is 4.15. The summed E-state index contributed by atoms with van der Waals surface area (Å²) in [7, 11) is 0. The molecule has 2 aromatic rings. The highest BCUT2D eigenvalue weighted by Crippen LogP contribution is 2.52. The van der Waals surface area contributed by atoms with Gasteiger partial charge in [0.2, 0.25) is 0 Å². The predicted molar refractivity (Wildman–Crippen MR) is 107 cm³/mol. The van der Waals surface area contributed by atoms with Crippen molar-refractivity contribution in [1.29, 1.82) is 0 Å². The Morgan fingerprint density at radius 3 is 2.70 bits per heavy atom. The number of thioether (sulfide) groups is 1. The summed E-state index contributed by atoms with van der Waals surface area (Å²) in [4.78, 5) is 31.0. The molecule has 6 heteroatoms. The molecule has 0 saturated heterocycles. The van der Waals surface area contributed by atoms with Crippen LogP contribution in [0.5, 0.6) is 0 Å². The fraction of sp³-hybridized carbons (Fsp3) is 0.476. The Kier molecular flexibility index (Phi) is 6.72. The molecule has 0 radical (unpaired) electrons. The van der Waals surface area contributed by atoms with Gasteiger partial charge < -0.3 is 9.72 Å². The molecule has 0 aliphatic heterocycles. The molecular formula is C21H26N2O3S. The van der Waals surface area contributed by atoms with E-state index in [9.17, 15) is 9.59 Å². The maximum atomic E-state index is 12.1. The summed E-state index contributed by atoms with van der Waals surface area (Å²) < 4.78 is 4.92. The maximum Gasteiger partial charge on any atom is 0.305 e. The summed E-state index contributed by atoms with van der Waals surface area (Å²) in [5.74, 6) is 0.743. The molecule has 0 bridgehead atoms. The molecule has 1 aliphatic carbocycles. The van der Waals surface area contributed by atoms with Crippen molar-refractivity contribution in [3.05, 3.63) is 58.0 Å². The number of hydrogen-bond acceptors (Lipinski definition) is 5. The largest absolute Gasteiger partial charge is 0.466 e. The number of carbonyl (C=O) groups is 1. The van der Waals surface area contributed by atoms with Gasteiger partial charge in [-0.05, 0) is 38.2 Å². The van der Waals surface area contributed by atoms with Gasteiger partial charge in [0.1, 0.15) is 0 Å². The smallest absolute Gasteiger partial charge is 0.305 e. The second kappa shape index (κ2) is 9.22. The number of rotatable bonds is 10. The Labute approximate surface area is 163 Å². The summed E-state index contributed by atoms with van der Waals surface area (Å²) in [5.41, 5.74) is 1.93. The molecule has 1 fully saturated rings. The van der Waals surface area contributed by atoms with Crippen LogP contribution in [0.15, 0.2) is 46.3 Å². The lowest BCUT2D eigenvalue weighted by atomic mass is 9.92. The number of unbranched alkanes of at least 4 members (excludes halogenated alkanes) is 2. The molecule has 5 nitrogen and oxygen atoms in total. The Morgan fingerprint density at radius 2 is 2.00 bits per heavy atom. The van der Waals surface area contributed by atoms with Gasteiger partial charge in [0, 0.05) is 23.7 Å². The minimum absolute atomic E-state index is 0.0907. The average molecular weight is 387 g/mol. The topological polar surface area (TPSA) is 72.0 Å². The summed E-state index contributed by atoms with van der Waals surface area (Å²) >= 11 is 1.57. The van der Waals surface area contributed by atoms with E-state index < -0.39 is 0 Å². The van der Waals surface area contributed by atoms with Gasteiger partial charge in [0.25, 0.3) is 5.56 Å². The van der Waals surface area contributed by atoms with Crippen LogP contribution in [0.4, 0.5) is 0 Å². The van der Waals surface area contributed by atoms with Crippen molar-refractivity contribution in [2.75, 3.05) is 12.4 Å². The SMILES string of the molecule is CCOC(=O)CCCCCSc1nc(C2(c3ccccc3)CC2)cc(=O)[nH]1. The molecule has 1 aromatic carbocycles. The van der Waals surface area contributed by atoms with Crippen molar-refractivity contribution < 1.29 is 9.53 Å². The van der Waals surface area contributed by atoms with E-state index in [1.54, 1.807) is 17.8 Å². The first-order valence-corrected chi connectivity index (χ1v) is 10.6. The second-order valence-corrected chi connectivity index (χ2v) is 7.93. The van der Waals surface area contributed by atoms with Crippen molar-refractivity contribution in [2.45, 2.75) is 56.0 Å². The lowest BCUT2D eigenvalue weighted by Gasteiger charge is -2.15. The van der Waals surface area contributed by atoms with Crippen LogP contribution in [0.25, 0.3) is 0 Å². The Hall–Kier alpha value is -2.08. The van der Waals surface area contributed by atoms with Gasteiger partial charge in [0.15, 0.2) is 5.16 Å². The number of esters is 1. The van der Waals surface area contributed by atoms with Crippen LogP contribution in [0.3, 0.4) is 0 Å². The van der Waals surface area contributed by atoms with Crippen LogP contribution in [0.2, 0.25) is 0 Å². The summed E-state index contributed by atoms with van der Waals surface area (Å²) in [6.45, 7) is 2.26. The lowest BCUT2D eigenvalue weighted by Crippen LogP contribution is -2.18. The minimum atomic E-state index is -0.125. The highest BCUT2D eigenvalue weighted by Gasteiger charge is 2.47. The van der Waals surface area contributed by atoms with Crippen molar-refractivity contribution in [3.63, 3.8) is 0 Å². The zero-order valence-corrected chi connectivity index (χ0v) is 16.5. The van der Waals surface area contributed by atoms with E-state index in [4.69, 9.17) is 9.72 Å². The van der Waals surface area contributed by atoms with E-state index in [2.05, 4.69) is 17.1 Å². The molecule has 0 atom stereocenters. The average Bonchev–Trinajstić information content (AvgIpc) is 3.47. The van der Waals surface area contributed by atoms with Crippen LogP contribution in [-0.2, 0) is 14.9 Å².